The molecule has 0 fully saturated rings. The number of aryl methyl sites for hydroxylation is 1. The summed E-state index contributed by atoms with van der Waals surface area (Å²) in [5.41, 5.74) is 2.36. The van der Waals surface area contributed by atoms with Crippen molar-refractivity contribution in [2.24, 2.45) is 0 Å². The maximum Gasteiger partial charge on any atom is 0.0871 e. The fourth-order valence-corrected chi connectivity index (χ4v) is 3.37. The Morgan fingerprint density at radius 3 is 2.82 bits per heavy atom. The summed E-state index contributed by atoms with van der Waals surface area (Å²) in [6.45, 7) is 2.25. The number of hydrogen-bond acceptors (Lipinski definition) is 3. The Morgan fingerprint density at radius 2 is 2.09 bits per heavy atom. The van der Waals surface area contributed by atoms with Gasteiger partial charge in [-0.2, -0.15) is 0 Å². The average Bonchev–Trinajstić information content (AvgIpc) is 2.54. The van der Waals surface area contributed by atoms with Gasteiger partial charge in [-0.1, -0.05) is 0 Å². The zero-order valence-corrected chi connectivity index (χ0v) is 7.76. The summed E-state index contributed by atoms with van der Waals surface area (Å²) >= 11 is 3.48. The Bertz CT molecular complexity index is 372. The lowest BCUT2D eigenvalue weighted by Crippen LogP contribution is -1.77. The largest absolute Gasteiger partial charge is 0.392 e. The molecule has 0 amide bonds. The Hall–Kier alpha value is -0.380. The molecule has 0 aromatic carbocycles. The molecule has 2 aromatic rings. The molecule has 58 valence electrons. The molecule has 1 N–H and O–H groups in total. The lowest BCUT2D eigenvalue weighted by molar-refractivity contribution is 0.284. The lowest BCUT2D eigenvalue weighted by atomic mass is 10.2. The van der Waals surface area contributed by atoms with Gasteiger partial charge >= 0.3 is 0 Å². The molecule has 0 aliphatic carbocycles. The normalized spacial score (nSPS) is 11.1. The molecule has 0 saturated carbocycles. The van der Waals surface area contributed by atoms with E-state index >= 15 is 0 Å². The van der Waals surface area contributed by atoms with Crippen molar-refractivity contribution in [3.63, 3.8) is 0 Å². The van der Waals surface area contributed by atoms with Crippen LogP contribution in [0.25, 0.3) is 9.40 Å². The highest BCUT2D eigenvalue weighted by atomic mass is 32.2. The van der Waals surface area contributed by atoms with Crippen molar-refractivity contribution >= 4 is 32.1 Å². The molecule has 0 spiro atoms. The van der Waals surface area contributed by atoms with Crippen LogP contribution in [0.1, 0.15) is 11.1 Å². The van der Waals surface area contributed by atoms with Crippen LogP contribution in [-0.2, 0) is 6.61 Å². The molecule has 0 unspecified atom stereocenters. The number of aliphatic hydroxyl groups excluding tert-OH is 1. The zero-order valence-electron chi connectivity index (χ0n) is 6.13. The van der Waals surface area contributed by atoms with Crippen molar-refractivity contribution in [1.82, 2.24) is 0 Å². The van der Waals surface area contributed by atoms with Gasteiger partial charge in [0.2, 0.25) is 0 Å². The van der Waals surface area contributed by atoms with E-state index in [2.05, 4.69) is 12.3 Å². The summed E-state index contributed by atoms with van der Waals surface area (Å²) in [5.74, 6) is 0. The van der Waals surface area contributed by atoms with E-state index in [4.69, 9.17) is 5.11 Å². The maximum absolute atomic E-state index is 8.98. The van der Waals surface area contributed by atoms with Gasteiger partial charge in [0.05, 0.1) is 10.6 Å². The van der Waals surface area contributed by atoms with Crippen molar-refractivity contribution in [3.05, 3.63) is 21.9 Å². The first-order chi connectivity index (χ1) is 5.33. The van der Waals surface area contributed by atoms with Crippen molar-refractivity contribution in [2.45, 2.75) is 13.5 Å². The Labute approximate surface area is 72.9 Å². The van der Waals surface area contributed by atoms with Crippen LogP contribution in [0.2, 0.25) is 0 Å². The standard InChI is InChI=1S/C8H8OS2/c1-5-3-10-8-7(5)6(2-9)4-11-8/h3-4,9H,2H2,1H3. The second-order valence-electron chi connectivity index (χ2n) is 2.50. The smallest absolute Gasteiger partial charge is 0.0871 e. The van der Waals surface area contributed by atoms with E-state index in [1.54, 1.807) is 22.7 Å². The van der Waals surface area contributed by atoms with E-state index in [-0.39, 0.29) is 6.61 Å². The second-order valence-corrected chi connectivity index (χ2v) is 4.52. The van der Waals surface area contributed by atoms with Crippen molar-refractivity contribution in [1.29, 1.82) is 0 Å². The van der Waals surface area contributed by atoms with Crippen LogP contribution in [0.3, 0.4) is 0 Å². The molecule has 1 nitrogen and oxygen atoms in total. The van der Waals surface area contributed by atoms with Crippen molar-refractivity contribution in [3.8, 4) is 0 Å². The van der Waals surface area contributed by atoms with Gasteiger partial charge in [-0.05, 0) is 28.8 Å². The number of hydrogen-bond donors (Lipinski definition) is 1. The highest BCUT2D eigenvalue weighted by Gasteiger charge is 2.06. The molecular weight excluding hydrogens is 176 g/mol. The minimum atomic E-state index is 0.164. The highest BCUT2D eigenvalue weighted by molar-refractivity contribution is 7.37. The molecule has 0 saturated heterocycles. The second kappa shape index (κ2) is 2.59. The minimum absolute atomic E-state index is 0.164. The summed E-state index contributed by atoms with van der Waals surface area (Å²) in [4.78, 5) is 0. The third-order valence-corrected chi connectivity index (χ3v) is 4.03. The predicted octanol–water partition coefficient (Wildman–Crippen LogP) is 2.76. The first-order valence-electron chi connectivity index (χ1n) is 3.38. The van der Waals surface area contributed by atoms with E-state index in [9.17, 15) is 0 Å². The van der Waals surface area contributed by atoms with E-state index in [0.717, 1.165) is 5.56 Å². The summed E-state index contributed by atoms with van der Waals surface area (Å²) < 4.78 is 1.33. The van der Waals surface area contributed by atoms with Gasteiger partial charge in [-0.15, -0.1) is 22.7 Å². The molecule has 0 radical (unpaired) electrons. The summed E-state index contributed by atoms with van der Waals surface area (Å²) in [6.07, 6.45) is 0. The van der Waals surface area contributed by atoms with Crippen molar-refractivity contribution in [2.75, 3.05) is 0 Å². The summed E-state index contributed by atoms with van der Waals surface area (Å²) in [7, 11) is 0. The first-order valence-corrected chi connectivity index (χ1v) is 5.14. The molecule has 0 atom stereocenters. The van der Waals surface area contributed by atoms with Crippen LogP contribution in [0, 0.1) is 6.92 Å². The quantitative estimate of drug-likeness (QED) is 0.722. The van der Waals surface area contributed by atoms with Gasteiger partial charge in [-0.25, -0.2) is 0 Å². The van der Waals surface area contributed by atoms with Gasteiger partial charge in [-0.3, -0.25) is 0 Å². The van der Waals surface area contributed by atoms with Crippen LogP contribution in [0.5, 0.6) is 0 Å². The van der Waals surface area contributed by atoms with Gasteiger partial charge < -0.3 is 5.11 Å². The van der Waals surface area contributed by atoms with E-state index in [1.165, 1.54) is 15.0 Å². The van der Waals surface area contributed by atoms with Crippen LogP contribution in [0.4, 0.5) is 0 Å². The molecule has 11 heavy (non-hydrogen) atoms. The van der Waals surface area contributed by atoms with Crippen LogP contribution >= 0.6 is 22.7 Å². The van der Waals surface area contributed by atoms with Gasteiger partial charge in [0.1, 0.15) is 0 Å². The lowest BCUT2D eigenvalue weighted by Gasteiger charge is -1.89. The SMILES string of the molecule is Cc1csc2scc(CO)c12. The minimum Gasteiger partial charge on any atom is -0.392 e. The average molecular weight is 184 g/mol. The summed E-state index contributed by atoms with van der Waals surface area (Å²) in [6, 6.07) is 0. The third kappa shape index (κ3) is 1.00. The first kappa shape index (κ1) is 7.28. The van der Waals surface area contributed by atoms with Gasteiger partial charge in [0.25, 0.3) is 0 Å². The topological polar surface area (TPSA) is 20.2 Å². The molecule has 2 aromatic heterocycles. The van der Waals surface area contributed by atoms with Crippen molar-refractivity contribution < 1.29 is 5.11 Å². The summed E-state index contributed by atoms with van der Waals surface area (Å²) in [5, 5.41) is 14.4. The molecule has 3 heteroatoms. The van der Waals surface area contributed by atoms with Crippen LogP contribution in [0.15, 0.2) is 10.8 Å². The molecule has 0 bridgehead atoms. The van der Waals surface area contributed by atoms with E-state index in [1.807, 2.05) is 5.38 Å². The Balaban J connectivity index is 2.80. The number of thiophene rings is 2. The number of aliphatic hydroxyl groups is 1. The van der Waals surface area contributed by atoms with Gasteiger partial charge in [0, 0.05) is 5.39 Å². The Kier molecular flexibility index (Phi) is 1.71. The molecule has 2 heterocycles. The van der Waals surface area contributed by atoms with Crippen LogP contribution < -0.4 is 0 Å². The maximum atomic E-state index is 8.98. The number of fused-ring (bicyclic) bond motifs is 1. The molecule has 2 rings (SSSR count). The van der Waals surface area contributed by atoms with E-state index < -0.39 is 0 Å². The monoisotopic (exact) mass is 184 g/mol. The molecule has 0 aliphatic rings. The van der Waals surface area contributed by atoms with E-state index in [0.29, 0.717) is 0 Å². The predicted molar refractivity (Wildman–Crippen MR) is 50.4 cm³/mol. The third-order valence-electron chi connectivity index (χ3n) is 1.74. The van der Waals surface area contributed by atoms with Crippen LogP contribution in [-0.4, -0.2) is 5.11 Å². The zero-order chi connectivity index (χ0) is 7.84. The highest BCUT2D eigenvalue weighted by Crippen LogP contribution is 2.33. The van der Waals surface area contributed by atoms with Gasteiger partial charge in [0.15, 0.2) is 0 Å². The fraction of sp³-hybridized carbons (Fsp3) is 0.250. The molecular formula is C8H8OS2. The molecule has 0 aliphatic heterocycles. The fourth-order valence-electron chi connectivity index (χ4n) is 1.19. The Morgan fingerprint density at radius 1 is 1.36 bits per heavy atom. The number of rotatable bonds is 1.